The van der Waals surface area contributed by atoms with Gasteiger partial charge in [0.2, 0.25) is 0 Å². The zero-order valence-corrected chi connectivity index (χ0v) is 18.9. The number of nitrogens with zero attached hydrogens (tertiary/aromatic N) is 5. The monoisotopic (exact) mass is 407 g/mol. The Hall–Kier alpha value is -2.34. The predicted octanol–water partition coefficient (Wildman–Crippen LogP) is 5.46. The molecule has 0 radical (unpaired) electrons. The normalized spacial score (nSPS) is 14.8. The van der Waals surface area contributed by atoms with Crippen LogP contribution in [0.5, 0.6) is 0 Å². The topological polar surface area (TPSA) is 46.8 Å². The summed E-state index contributed by atoms with van der Waals surface area (Å²) in [6, 6.07) is 11.0. The van der Waals surface area contributed by atoms with Crippen LogP contribution in [0.15, 0.2) is 47.9 Å². The van der Waals surface area contributed by atoms with Gasteiger partial charge < -0.3 is 4.90 Å². The average molecular weight is 408 g/mol. The highest BCUT2D eigenvalue weighted by Crippen LogP contribution is 2.36. The van der Waals surface area contributed by atoms with E-state index >= 15 is 0 Å². The van der Waals surface area contributed by atoms with Gasteiger partial charge in [0.15, 0.2) is 11.0 Å². The molecule has 0 amide bonds. The third-order valence-corrected chi connectivity index (χ3v) is 6.31. The van der Waals surface area contributed by atoms with Gasteiger partial charge in [0.05, 0.1) is 24.4 Å². The van der Waals surface area contributed by atoms with Gasteiger partial charge in [-0.3, -0.25) is 9.55 Å². The van der Waals surface area contributed by atoms with Crippen LogP contribution >= 0.6 is 11.8 Å². The molecule has 0 saturated carbocycles. The molecule has 3 heterocycles. The lowest BCUT2D eigenvalue weighted by atomic mass is 9.79. The second-order valence-corrected chi connectivity index (χ2v) is 10.6. The van der Waals surface area contributed by atoms with Crippen LogP contribution in [-0.2, 0) is 17.5 Å². The van der Waals surface area contributed by atoms with Gasteiger partial charge in [-0.25, -0.2) is 0 Å². The molecule has 0 unspecified atom stereocenters. The molecule has 0 aliphatic carbocycles. The van der Waals surface area contributed by atoms with Gasteiger partial charge in [0.25, 0.3) is 0 Å². The third kappa shape index (κ3) is 4.04. The first-order valence-corrected chi connectivity index (χ1v) is 11.0. The smallest absolute Gasteiger partial charge is 0.194 e. The van der Waals surface area contributed by atoms with Crippen LogP contribution in [0.25, 0.3) is 11.4 Å². The number of rotatable bonds is 2. The number of hydrogen-bond acceptors (Lipinski definition) is 5. The fourth-order valence-corrected chi connectivity index (χ4v) is 4.30. The molecule has 2 aromatic heterocycles. The fourth-order valence-electron chi connectivity index (χ4n) is 3.40. The van der Waals surface area contributed by atoms with Crippen molar-refractivity contribution in [1.29, 1.82) is 0 Å². The van der Waals surface area contributed by atoms with E-state index in [-0.39, 0.29) is 10.8 Å². The fraction of sp³-hybridized carbons (Fsp3) is 0.435. The first kappa shape index (κ1) is 20.0. The van der Waals surface area contributed by atoms with Crippen LogP contribution in [0.4, 0.5) is 5.69 Å². The summed E-state index contributed by atoms with van der Waals surface area (Å²) in [4.78, 5) is 6.57. The summed E-state index contributed by atoms with van der Waals surface area (Å²) < 4.78 is 2.22. The minimum Gasteiger partial charge on any atom is -0.342 e. The van der Waals surface area contributed by atoms with Crippen LogP contribution < -0.4 is 4.90 Å². The Labute approximate surface area is 177 Å². The molecule has 1 aromatic carbocycles. The van der Waals surface area contributed by atoms with E-state index < -0.39 is 0 Å². The molecule has 0 atom stereocenters. The maximum Gasteiger partial charge on any atom is 0.194 e. The lowest BCUT2D eigenvalue weighted by Gasteiger charge is -2.30. The summed E-state index contributed by atoms with van der Waals surface area (Å²) in [6.07, 6.45) is 3.72. The second kappa shape index (κ2) is 7.17. The van der Waals surface area contributed by atoms with Crippen molar-refractivity contribution < 1.29 is 0 Å². The number of benzene rings is 1. The van der Waals surface area contributed by atoms with E-state index in [2.05, 4.69) is 90.5 Å². The molecule has 0 fully saturated rings. The lowest BCUT2D eigenvalue weighted by Crippen LogP contribution is -2.30. The molecule has 1 aliphatic heterocycles. The van der Waals surface area contributed by atoms with E-state index in [1.807, 2.05) is 18.5 Å². The lowest BCUT2D eigenvalue weighted by molar-refractivity contribution is 0.568. The zero-order valence-electron chi connectivity index (χ0n) is 18.1. The van der Waals surface area contributed by atoms with Gasteiger partial charge in [-0.15, -0.1) is 10.2 Å². The quantitative estimate of drug-likeness (QED) is 0.564. The number of aromatic nitrogens is 4. The van der Waals surface area contributed by atoms with Crippen molar-refractivity contribution in [2.45, 2.75) is 64.2 Å². The van der Waals surface area contributed by atoms with Gasteiger partial charge in [-0.05, 0) is 46.2 Å². The molecule has 0 N–H and O–H groups in total. The summed E-state index contributed by atoms with van der Waals surface area (Å²) in [5.74, 6) is 1.77. The van der Waals surface area contributed by atoms with Crippen molar-refractivity contribution in [3.63, 3.8) is 0 Å². The molecular weight excluding hydrogens is 378 g/mol. The molecule has 4 rings (SSSR count). The molecule has 1 aliphatic rings. The third-order valence-electron chi connectivity index (χ3n) is 5.31. The highest BCUT2D eigenvalue weighted by molar-refractivity contribution is 7.99. The summed E-state index contributed by atoms with van der Waals surface area (Å²) >= 11 is 1.71. The number of pyridine rings is 1. The number of hydrogen-bond donors (Lipinski definition) is 0. The SMILES string of the molecule is CC(C)(C)c1cc(-c2nnc3n2CN(c2cccnc2)CS3)cc(C(C)(C)C)c1. The second-order valence-electron chi connectivity index (χ2n) is 9.70. The van der Waals surface area contributed by atoms with Crippen LogP contribution in [0.1, 0.15) is 52.7 Å². The van der Waals surface area contributed by atoms with Crippen molar-refractivity contribution >= 4 is 17.4 Å². The van der Waals surface area contributed by atoms with Gasteiger partial charge in [-0.2, -0.15) is 0 Å². The largest absolute Gasteiger partial charge is 0.342 e. The molecule has 6 heteroatoms. The van der Waals surface area contributed by atoms with Gasteiger partial charge in [-0.1, -0.05) is 59.4 Å². The van der Waals surface area contributed by atoms with E-state index in [0.29, 0.717) is 0 Å². The van der Waals surface area contributed by atoms with E-state index in [0.717, 1.165) is 34.8 Å². The number of fused-ring (bicyclic) bond motifs is 1. The van der Waals surface area contributed by atoms with Crippen LogP contribution in [0.3, 0.4) is 0 Å². The standard InChI is InChI=1S/C23H29N5S/c1-22(2,3)17-10-16(11-18(12-17)23(4,5)6)20-25-26-21-28(20)14-27(15-29-21)19-8-7-9-24-13-19/h7-13H,14-15H2,1-6H3. The molecular formula is C23H29N5S. The van der Waals surface area contributed by atoms with Crippen molar-refractivity contribution in [3.05, 3.63) is 53.9 Å². The molecule has 5 nitrogen and oxygen atoms in total. The van der Waals surface area contributed by atoms with Crippen molar-refractivity contribution in [2.24, 2.45) is 0 Å². The van der Waals surface area contributed by atoms with Crippen molar-refractivity contribution in [2.75, 3.05) is 10.8 Å². The zero-order chi connectivity index (χ0) is 20.8. The Kier molecular flexibility index (Phi) is 4.93. The molecule has 3 aromatic rings. The Morgan fingerprint density at radius 2 is 1.62 bits per heavy atom. The summed E-state index contributed by atoms with van der Waals surface area (Å²) in [6.45, 7) is 14.3. The first-order valence-electron chi connectivity index (χ1n) is 10.0. The van der Waals surface area contributed by atoms with Gasteiger partial charge in [0.1, 0.15) is 0 Å². The Balaban J connectivity index is 1.78. The number of anilines is 1. The predicted molar refractivity (Wildman–Crippen MR) is 120 cm³/mol. The molecule has 29 heavy (non-hydrogen) atoms. The average Bonchev–Trinajstić information content (AvgIpc) is 3.10. The van der Waals surface area contributed by atoms with E-state index in [4.69, 9.17) is 0 Å². The maximum atomic E-state index is 4.59. The van der Waals surface area contributed by atoms with Crippen LogP contribution in [-0.4, -0.2) is 25.6 Å². The van der Waals surface area contributed by atoms with Crippen LogP contribution in [0.2, 0.25) is 0 Å². The van der Waals surface area contributed by atoms with E-state index in [1.54, 1.807) is 11.8 Å². The van der Waals surface area contributed by atoms with E-state index in [1.165, 1.54) is 11.1 Å². The maximum absolute atomic E-state index is 4.59. The Morgan fingerprint density at radius 3 is 2.21 bits per heavy atom. The first-order chi connectivity index (χ1) is 13.6. The van der Waals surface area contributed by atoms with E-state index in [9.17, 15) is 0 Å². The molecule has 0 spiro atoms. The minimum absolute atomic E-state index is 0.0667. The van der Waals surface area contributed by atoms with Gasteiger partial charge in [0, 0.05) is 11.8 Å². The van der Waals surface area contributed by atoms with Crippen molar-refractivity contribution in [3.8, 4) is 11.4 Å². The summed E-state index contributed by atoms with van der Waals surface area (Å²) in [7, 11) is 0. The Bertz CT molecular complexity index is 980. The van der Waals surface area contributed by atoms with Gasteiger partial charge >= 0.3 is 0 Å². The minimum atomic E-state index is 0.0667. The molecule has 0 saturated heterocycles. The highest BCUT2D eigenvalue weighted by atomic mass is 32.2. The number of thioether (sulfide) groups is 1. The van der Waals surface area contributed by atoms with Crippen LogP contribution in [0, 0.1) is 0 Å². The Morgan fingerprint density at radius 1 is 0.931 bits per heavy atom. The summed E-state index contributed by atoms with van der Waals surface area (Å²) in [5, 5.41) is 10.0. The molecule has 0 bridgehead atoms. The summed E-state index contributed by atoms with van der Waals surface area (Å²) in [5.41, 5.74) is 5.03. The molecule has 152 valence electrons. The highest BCUT2D eigenvalue weighted by Gasteiger charge is 2.26. The van der Waals surface area contributed by atoms with Crippen molar-refractivity contribution in [1.82, 2.24) is 19.7 Å².